The topological polar surface area (TPSA) is 47.3 Å². The molecule has 0 amide bonds. The maximum Gasteiger partial charge on any atom is 0.122 e. The first-order valence-electron chi connectivity index (χ1n) is 4.51. The summed E-state index contributed by atoms with van der Waals surface area (Å²) in [5, 5.41) is 3.07. The zero-order valence-corrected chi connectivity index (χ0v) is 9.80. The predicted octanol–water partition coefficient (Wildman–Crippen LogP) is 1.51. The molecular weight excluding hydrogens is 244 g/mol. The SMILES string of the molecule is COc1ccc(Br)cc1CCNCN. The monoisotopic (exact) mass is 258 g/mol. The highest BCUT2D eigenvalue weighted by Crippen LogP contribution is 2.22. The van der Waals surface area contributed by atoms with Crippen LogP contribution in [0.15, 0.2) is 22.7 Å². The van der Waals surface area contributed by atoms with Gasteiger partial charge in [0.1, 0.15) is 5.75 Å². The first-order chi connectivity index (χ1) is 6.77. The zero-order valence-electron chi connectivity index (χ0n) is 8.22. The minimum atomic E-state index is 0.510. The van der Waals surface area contributed by atoms with E-state index < -0.39 is 0 Å². The van der Waals surface area contributed by atoms with Gasteiger partial charge >= 0.3 is 0 Å². The van der Waals surface area contributed by atoms with E-state index in [1.165, 1.54) is 5.56 Å². The van der Waals surface area contributed by atoms with Crippen molar-refractivity contribution in [3.8, 4) is 5.75 Å². The van der Waals surface area contributed by atoms with Gasteiger partial charge in [-0.05, 0) is 30.2 Å². The standard InChI is InChI=1S/C10H15BrN2O/c1-14-10-3-2-9(11)6-8(10)4-5-13-7-12/h2-3,6,13H,4-5,7,12H2,1H3. The fourth-order valence-corrected chi connectivity index (χ4v) is 1.68. The van der Waals surface area contributed by atoms with Crippen molar-refractivity contribution in [1.82, 2.24) is 5.32 Å². The molecule has 0 heterocycles. The molecule has 4 heteroatoms. The number of benzene rings is 1. The number of nitrogens with two attached hydrogens (primary N) is 1. The Labute approximate surface area is 92.8 Å². The van der Waals surface area contributed by atoms with E-state index in [1.54, 1.807) is 7.11 Å². The highest BCUT2D eigenvalue weighted by atomic mass is 79.9. The number of hydrogen-bond acceptors (Lipinski definition) is 3. The number of hydrogen-bond donors (Lipinski definition) is 2. The summed E-state index contributed by atoms with van der Waals surface area (Å²) >= 11 is 3.43. The van der Waals surface area contributed by atoms with Crippen LogP contribution in [0.5, 0.6) is 5.75 Å². The van der Waals surface area contributed by atoms with E-state index in [2.05, 4.69) is 27.3 Å². The second kappa shape index (κ2) is 6.01. The summed E-state index contributed by atoms with van der Waals surface area (Å²) in [6.07, 6.45) is 0.916. The third-order valence-corrected chi connectivity index (χ3v) is 2.45. The van der Waals surface area contributed by atoms with Crippen LogP contribution < -0.4 is 15.8 Å². The third kappa shape index (κ3) is 3.29. The van der Waals surface area contributed by atoms with Crippen LogP contribution in [0.1, 0.15) is 5.56 Å². The molecule has 1 rings (SSSR count). The molecule has 0 aliphatic heterocycles. The molecular formula is C10H15BrN2O. The van der Waals surface area contributed by atoms with Crippen LogP contribution in [0.2, 0.25) is 0 Å². The second-order valence-electron chi connectivity index (χ2n) is 2.91. The Balaban J connectivity index is 2.67. The first kappa shape index (κ1) is 11.5. The van der Waals surface area contributed by atoms with Crippen LogP contribution in [0.3, 0.4) is 0 Å². The smallest absolute Gasteiger partial charge is 0.122 e. The Morgan fingerprint density at radius 3 is 2.93 bits per heavy atom. The molecule has 78 valence electrons. The van der Waals surface area contributed by atoms with E-state index in [4.69, 9.17) is 10.5 Å². The van der Waals surface area contributed by atoms with E-state index in [0.29, 0.717) is 6.67 Å². The Morgan fingerprint density at radius 1 is 1.50 bits per heavy atom. The van der Waals surface area contributed by atoms with E-state index in [1.807, 2.05) is 12.1 Å². The Kier molecular flexibility index (Phi) is 4.93. The summed E-state index contributed by atoms with van der Waals surface area (Å²) in [4.78, 5) is 0. The van der Waals surface area contributed by atoms with E-state index in [0.717, 1.165) is 23.2 Å². The maximum atomic E-state index is 5.34. The minimum absolute atomic E-state index is 0.510. The van der Waals surface area contributed by atoms with Crippen molar-refractivity contribution in [3.63, 3.8) is 0 Å². The minimum Gasteiger partial charge on any atom is -0.496 e. The van der Waals surface area contributed by atoms with Gasteiger partial charge in [0, 0.05) is 17.7 Å². The molecule has 0 spiro atoms. The summed E-state index contributed by atoms with van der Waals surface area (Å²) in [5.74, 6) is 0.923. The molecule has 14 heavy (non-hydrogen) atoms. The maximum absolute atomic E-state index is 5.34. The van der Waals surface area contributed by atoms with Crippen LogP contribution in [-0.4, -0.2) is 20.3 Å². The van der Waals surface area contributed by atoms with Gasteiger partial charge in [0.05, 0.1) is 7.11 Å². The van der Waals surface area contributed by atoms with Crippen molar-refractivity contribution in [2.75, 3.05) is 20.3 Å². The lowest BCUT2D eigenvalue weighted by Gasteiger charge is -2.08. The normalized spacial score (nSPS) is 10.2. The molecule has 0 saturated heterocycles. The van der Waals surface area contributed by atoms with E-state index in [-0.39, 0.29) is 0 Å². The Hall–Kier alpha value is -0.580. The van der Waals surface area contributed by atoms with Gasteiger partial charge in [0.25, 0.3) is 0 Å². The van der Waals surface area contributed by atoms with Crippen molar-refractivity contribution in [2.24, 2.45) is 5.73 Å². The summed E-state index contributed by atoms with van der Waals surface area (Å²) in [7, 11) is 1.68. The van der Waals surface area contributed by atoms with Gasteiger partial charge in [0.15, 0.2) is 0 Å². The molecule has 0 aliphatic carbocycles. The van der Waals surface area contributed by atoms with Gasteiger partial charge < -0.3 is 15.8 Å². The Bertz CT molecular complexity index is 291. The lowest BCUT2D eigenvalue weighted by molar-refractivity contribution is 0.409. The van der Waals surface area contributed by atoms with Gasteiger partial charge in [-0.15, -0.1) is 0 Å². The highest BCUT2D eigenvalue weighted by molar-refractivity contribution is 9.10. The van der Waals surface area contributed by atoms with E-state index >= 15 is 0 Å². The molecule has 0 fully saturated rings. The highest BCUT2D eigenvalue weighted by Gasteiger charge is 2.02. The van der Waals surface area contributed by atoms with Crippen molar-refractivity contribution in [2.45, 2.75) is 6.42 Å². The van der Waals surface area contributed by atoms with Gasteiger partial charge in [-0.3, -0.25) is 0 Å². The molecule has 0 atom stereocenters. The number of methoxy groups -OCH3 is 1. The number of ether oxygens (including phenoxy) is 1. The molecule has 1 aromatic rings. The van der Waals surface area contributed by atoms with Gasteiger partial charge in [-0.2, -0.15) is 0 Å². The lowest BCUT2D eigenvalue weighted by atomic mass is 10.1. The average Bonchev–Trinajstić information content (AvgIpc) is 2.19. The van der Waals surface area contributed by atoms with Crippen molar-refractivity contribution in [1.29, 1.82) is 0 Å². The van der Waals surface area contributed by atoms with Gasteiger partial charge in [-0.1, -0.05) is 15.9 Å². The van der Waals surface area contributed by atoms with E-state index in [9.17, 15) is 0 Å². The molecule has 0 bridgehead atoms. The molecule has 0 aliphatic rings. The predicted molar refractivity (Wildman–Crippen MR) is 61.5 cm³/mol. The molecule has 0 aromatic heterocycles. The molecule has 0 unspecified atom stereocenters. The quantitative estimate of drug-likeness (QED) is 0.622. The lowest BCUT2D eigenvalue weighted by Crippen LogP contribution is -2.24. The largest absolute Gasteiger partial charge is 0.496 e. The number of nitrogens with one attached hydrogen (secondary N) is 1. The summed E-state index contributed by atoms with van der Waals surface area (Å²) < 4.78 is 6.32. The molecule has 0 saturated carbocycles. The summed E-state index contributed by atoms with van der Waals surface area (Å²) in [6, 6.07) is 6.00. The average molecular weight is 259 g/mol. The molecule has 1 aromatic carbocycles. The fourth-order valence-electron chi connectivity index (χ4n) is 1.27. The van der Waals surface area contributed by atoms with Crippen LogP contribution in [0.4, 0.5) is 0 Å². The number of rotatable bonds is 5. The molecule has 0 radical (unpaired) electrons. The van der Waals surface area contributed by atoms with Crippen LogP contribution >= 0.6 is 15.9 Å². The van der Waals surface area contributed by atoms with Crippen molar-refractivity contribution >= 4 is 15.9 Å². The second-order valence-corrected chi connectivity index (χ2v) is 3.83. The van der Waals surface area contributed by atoms with Crippen molar-refractivity contribution in [3.05, 3.63) is 28.2 Å². The summed E-state index contributed by atoms with van der Waals surface area (Å²) in [6.45, 7) is 1.37. The van der Waals surface area contributed by atoms with Gasteiger partial charge in [0.2, 0.25) is 0 Å². The number of halogens is 1. The summed E-state index contributed by atoms with van der Waals surface area (Å²) in [5.41, 5.74) is 6.52. The zero-order chi connectivity index (χ0) is 10.4. The Morgan fingerprint density at radius 2 is 2.29 bits per heavy atom. The molecule has 3 N–H and O–H groups in total. The van der Waals surface area contributed by atoms with Crippen LogP contribution in [0, 0.1) is 0 Å². The molecule has 3 nitrogen and oxygen atoms in total. The fraction of sp³-hybridized carbons (Fsp3) is 0.400. The van der Waals surface area contributed by atoms with Gasteiger partial charge in [-0.25, -0.2) is 0 Å². The first-order valence-corrected chi connectivity index (χ1v) is 5.30. The van der Waals surface area contributed by atoms with Crippen molar-refractivity contribution < 1.29 is 4.74 Å². The van der Waals surface area contributed by atoms with Crippen LogP contribution in [0.25, 0.3) is 0 Å². The third-order valence-electron chi connectivity index (χ3n) is 1.96. The van der Waals surface area contributed by atoms with Crippen LogP contribution in [-0.2, 0) is 6.42 Å².